The van der Waals surface area contributed by atoms with Gasteiger partial charge in [0.1, 0.15) is 6.04 Å². The van der Waals surface area contributed by atoms with E-state index in [4.69, 9.17) is 9.84 Å². The molecule has 1 heterocycles. The topological polar surface area (TPSA) is 58.6 Å². The fourth-order valence-electron chi connectivity index (χ4n) is 1.36. The van der Waals surface area contributed by atoms with Gasteiger partial charge < -0.3 is 15.2 Å². The van der Waals surface area contributed by atoms with Crippen LogP contribution in [-0.4, -0.2) is 37.4 Å². The summed E-state index contributed by atoms with van der Waals surface area (Å²) in [5, 5.41) is 11.5. The number of carbonyl (C=O) groups is 1. The van der Waals surface area contributed by atoms with Gasteiger partial charge in [0.2, 0.25) is 0 Å². The number of nitrogens with one attached hydrogen (secondary N) is 1. The van der Waals surface area contributed by atoms with E-state index in [9.17, 15) is 4.79 Å². The summed E-state index contributed by atoms with van der Waals surface area (Å²) in [6.45, 7) is 1.40. The first-order valence-corrected chi connectivity index (χ1v) is 3.69. The molecule has 72 valence electrons. The van der Waals surface area contributed by atoms with E-state index in [1.54, 1.807) is 7.11 Å². The first kappa shape index (κ1) is 11.7. The molecule has 1 unspecified atom stereocenters. The third-order valence-corrected chi connectivity index (χ3v) is 1.92. The van der Waals surface area contributed by atoms with Crippen molar-refractivity contribution in [1.82, 2.24) is 5.32 Å². The molecule has 1 rings (SSSR count). The van der Waals surface area contributed by atoms with Gasteiger partial charge >= 0.3 is 5.97 Å². The van der Waals surface area contributed by atoms with E-state index < -0.39 is 5.97 Å². The lowest BCUT2D eigenvalue weighted by Gasteiger charge is -2.04. The van der Waals surface area contributed by atoms with Gasteiger partial charge in [-0.1, -0.05) is 0 Å². The zero-order valence-electron chi connectivity index (χ0n) is 6.95. The molecule has 12 heavy (non-hydrogen) atoms. The molecule has 0 saturated carbocycles. The van der Waals surface area contributed by atoms with Crippen molar-refractivity contribution in [2.75, 3.05) is 20.3 Å². The number of hydrogen-bond donors (Lipinski definition) is 2. The summed E-state index contributed by atoms with van der Waals surface area (Å²) in [6.07, 6.45) is 0.684. The quantitative estimate of drug-likeness (QED) is 0.672. The van der Waals surface area contributed by atoms with Gasteiger partial charge in [-0.15, -0.1) is 12.4 Å². The van der Waals surface area contributed by atoms with Gasteiger partial charge in [0.25, 0.3) is 0 Å². The third-order valence-electron chi connectivity index (χ3n) is 1.92. The van der Waals surface area contributed by atoms with Crippen LogP contribution in [0.15, 0.2) is 0 Å². The van der Waals surface area contributed by atoms with Crippen LogP contribution in [0.2, 0.25) is 0 Å². The third kappa shape index (κ3) is 2.97. The van der Waals surface area contributed by atoms with Gasteiger partial charge in [0.15, 0.2) is 0 Å². The van der Waals surface area contributed by atoms with Crippen molar-refractivity contribution >= 4 is 18.4 Å². The summed E-state index contributed by atoms with van der Waals surface area (Å²) in [4.78, 5) is 10.4. The average Bonchev–Trinajstić information content (AvgIpc) is 2.37. The first-order valence-electron chi connectivity index (χ1n) is 3.69. The summed E-state index contributed by atoms with van der Waals surface area (Å²) in [5.74, 6) is -0.398. The Kier molecular flexibility index (Phi) is 5.20. The maximum Gasteiger partial charge on any atom is 0.320 e. The number of carboxylic acid groups (broad SMARTS) is 1. The van der Waals surface area contributed by atoms with Crippen molar-refractivity contribution in [1.29, 1.82) is 0 Å². The Labute approximate surface area is 77.7 Å². The highest BCUT2D eigenvalue weighted by Crippen LogP contribution is 2.13. The average molecular weight is 196 g/mol. The van der Waals surface area contributed by atoms with Gasteiger partial charge in [0.05, 0.1) is 6.61 Å². The van der Waals surface area contributed by atoms with E-state index in [-0.39, 0.29) is 18.4 Å². The van der Waals surface area contributed by atoms with Crippen molar-refractivity contribution < 1.29 is 14.6 Å². The number of ether oxygens (including phenoxy) is 1. The van der Waals surface area contributed by atoms with E-state index in [2.05, 4.69) is 5.32 Å². The van der Waals surface area contributed by atoms with Crippen LogP contribution in [0.5, 0.6) is 0 Å². The van der Waals surface area contributed by atoms with E-state index in [0.717, 1.165) is 6.54 Å². The Bertz CT molecular complexity index is 154. The first-order chi connectivity index (χ1) is 5.24. The Morgan fingerprint density at radius 1 is 1.75 bits per heavy atom. The predicted molar refractivity (Wildman–Crippen MR) is 46.7 cm³/mol. The monoisotopic (exact) mass is 195 g/mol. The van der Waals surface area contributed by atoms with Crippen molar-refractivity contribution in [3.8, 4) is 0 Å². The lowest BCUT2D eigenvalue weighted by Crippen LogP contribution is -2.29. The molecule has 0 amide bonds. The Hall–Kier alpha value is -0.320. The number of rotatable bonds is 3. The van der Waals surface area contributed by atoms with Gasteiger partial charge in [-0.2, -0.15) is 0 Å². The maximum absolute atomic E-state index is 10.4. The molecular formula is C7H14ClNO3. The second-order valence-corrected chi connectivity index (χ2v) is 2.86. The molecular weight excluding hydrogens is 182 g/mol. The zero-order chi connectivity index (χ0) is 8.27. The minimum Gasteiger partial charge on any atom is -0.480 e. The molecule has 0 aromatic heterocycles. The number of methoxy groups -OCH3 is 1. The minimum atomic E-state index is -0.761. The second-order valence-electron chi connectivity index (χ2n) is 2.86. The molecule has 0 radical (unpaired) electrons. The van der Waals surface area contributed by atoms with Crippen molar-refractivity contribution in [2.45, 2.75) is 12.5 Å². The van der Waals surface area contributed by atoms with Gasteiger partial charge in [-0.25, -0.2) is 0 Å². The molecule has 0 bridgehead atoms. The molecule has 4 nitrogen and oxygen atoms in total. The van der Waals surface area contributed by atoms with Crippen LogP contribution in [0.4, 0.5) is 0 Å². The minimum absolute atomic E-state index is 0. The smallest absolute Gasteiger partial charge is 0.320 e. The molecule has 1 aliphatic heterocycles. The summed E-state index contributed by atoms with van der Waals surface area (Å²) in [7, 11) is 1.63. The summed E-state index contributed by atoms with van der Waals surface area (Å²) in [6, 6.07) is -0.366. The van der Waals surface area contributed by atoms with Crippen LogP contribution < -0.4 is 5.32 Å². The van der Waals surface area contributed by atoms with Crippen molar-refractivity contribution in [3.63, 3.8) is 0 Å². The Morgan fingerprint density at radius 3 is 2.83 bits per heavy atom. The summed E-state index contributed by atoms with van der Waals surface area (Å²) < 4.78 is 4.92. The number of aliphatic carboxylic acids is 1. The molecule has 1 aliphatic rings. The number of halogens is 1. The van der Waals surface area contributed by atoms with E-state index >= 15 is 0 Å². The number of hydrogen-bond acceptors (Lipinski definition) is 3. The highest BCUT2D eigenvalue weighted by molar-refractivity contribution is 5.85. The lowest BCUT2D eigenvalue weighted by atomic mass is 10.1. The van der Waals surface area contributed by atoms with E-state index in [1.165, 1.54) is 0 Å². The predicted octanol–water partition coefficient (Wildman–Crippen LogP) is 0.117. The van der Waals surface area contributed by atoms with Gasteiger partial charge in [-0.05, 0) is 12.3 Å². The molecule has 2 atom stereocenters. The van der Waals surface area contributed by atoms with Gasteiger partial charge in [-0.3, -0.25) is 4.79 Å². The molecule has 0 aromatic carbocycles. The maximum atomic E-state index is 10.4. The fourth-order valence-corrected chi connectivity index (χ4v) is 1.36. The van der Waals surface area contributed by atoms with Crippen LogP contribution >= 0.6 is 12.4 Å². The van der Waals surface area contributed by atoms with Crippen molar-refractivity contribution in [2.24, 2.45) is 5.92 Å². The Balaban J connectivity index is 0.00000121. The molecule has 2 N–H and O–H groups in total. The highest BCUT2D eigenvalue weighted by atomic mass is 35.5. The second kappa shape index (κ2) is 5.35. The molecule has 0 aliphatic carbocycles. The molecule has 0 spiro atoms. The zero-order valence-corrected chi connectivity index (χ0v) is 7.76. The van der Waals surface area contributed by atoms with Crippen LogP contribution in [-0.2, 0) is 9.53 Å². The lowest BCUT2D eigenvalue weighted by molar-refractivity contribution is -0.139. The van der Waals surface area contributed by atoms with Gasteiger partial charge in [0, 0.05) is 13.7 Å². The molecule has 1 saturated heterocycles. The Morgan fingerprint density at radius 2 is 2.42 bits per heavy atom. The molecule has 0 aromatic rings. The van der Waals surface area contributed by atoms with E-state index in [1.807, 2.05) is 0 Å². The van der Waals surface area contributed by atoms with Crippen LogP contribution in [0.25, 0.3) is 0 Å². The summed E-state index contributed by atoms with van der Waals surface area (Å²) >= 11 is 0. The SMILES string of the molecule is COCC1CN[C@H](C(=O)O)C1.Cl. The van der Waals surface area contributed by atoms with Crippen LogP contribution in [0.1, 0.15) is 6.42 Å². The van der Waals surface area contributed by atoms with Crippen LogP contribution in [0, 0.1) is 5.92 Å². The number of carboxylic acids is 1. The molecule has 1 fully saturated rings. The van der Waals surface area contributed by atoms with E-state index in [0.29, 0.717) is 18.9 Å². The summed E-state index contributed by atoms with van der Waals surface area (Å²) in [5.41, 5.74) is 0. The fraction of sp³-hybridized carbons (Fsp3) is 0.857. The standard InChI is InChI=1S/C7H13NO3.ClH/c1-11-4-5-2-6(7(9)10)8-3-5;/h5-6,8H,2-4H2,1H3,(H,9,10);1H/t5?,6-;/m0./s1. The normalized spacial score (nSPS) is 28.1. The van der Waals surface area contributed by atoms with Crippen LogP contribution in [0.3, 0.4) is 0 Å². The largest absolute Gasteiger partial charge is 0.480 e. The molecule has 5 heteroatoms. The van der Waals surface area contributed by atoms with Crippen molar-refractivity contribution in [3.05, 3.63) is 0 Å². The highest BCUT2D eigenvalue weighted by Gasteiger charge is 2.28.